The fourth-order valence-electron chi connectivity index (χ4n) is 1.49. The van der Waals surface area contributed by atoms with E-state index < -0.39 is 0 Å². The van der Waals surface area contributed by atoms with Crippen LogP contribution in [0.1, 0.15) is 0 Å². The molecule has 19 heavy (non-hydrogen) atoms. The molecule has 0 radical (unpaired) electrons. The lowest BCUT2D eigenvalue weighted by Crippen LogP contribution is -1.90. The first-order valence-electron chi connectivity index (χ1n) is 5.30. The molecule has 0 saturated heterocycles. The number of aromatic nitrogens is 2. The number of thiazole rings is 2. The van der Waals surface area contributed by atoms with E-state index in [1.54, 1.807) is 35.7 Å². The average Bonchev–Trinajstić information content (AvgIpc) is 3.04. The van der Waals surface area contributed by atoms with Crippen LogP contribution in [0.3, 0.4) is 0 Å². The highest BCUT2D eigenvalue weighted by Gasteiger charge is 2.08. The van der Waals surface area contributed by atoms with Gasteiger partial charge in [-0.25, -0.2) is 9.97 Å². The number of hydrogen-bond donors (Lipinski definition) is 1. The minimum Gasteiger partial charge on any atom is -0.330 e. The summed E-state index contributed by atoms with van der Waals surface area (Å²) in [6.45, 7) is 0. The SMILES string of the molecule is Clc1ccc(Cl)c(Nc2nc(-c3nccs3)cs2)c1. The van der Waals surface area contributed by atoms with Crippen LogP contribution in [0, 0.1) is 0 Å². The summed E-state index contributed by atoms with van der Waals surface area (Å²) in [7, 11) is 0. The first-order chi connectivity index (χ1) is 9.22. The zero-order valence-corrected chi connectivity index (χ0v) is 12.6. The molecule has 0 aliphatic carbocycles. The van der Waals surface area contributed by atoms with Gasteiger partial charge in [-0.05, 0) is 18.2 Å². The Morgan fingerprint density at radius 3 is 2.84 bits per heavy atom. The summed E-state index contributed by atoms with van der Waals surface area (Å²) in [5.74, 6) is 0. The second kappa shape index (κ2) is 5.46. The maximum Gasteiger partial charge on any atom is 0.187 e. The van der Waals surface area contributed by atoms with Crippen LogP contribution >= 0.6 is 45.9 Å². The molecule has 0 aliphatic rings. The van der Waals surface area contributed by atoms with Crippen molar-refractivity contribution >= 4 is 56.7 Å². The normalized spacial score (nSPS) is 10.6. The van der Waals surface area contributed by atoms with Crippen molar-refractivity contribution in [2.75, 3.05) is 5.32 Å². The van der Waals surface area contributed by atoms with Crippen molar-refractivity contribution in [1.29, 1.82) is 0 Å². The fraction of sp³-hybridized carbons (Fsp3) is 0. The molecule has 96 valence electrons. The molecule has 0 atom stereocenters. The number of rotatable bonds is 3. The van der Waals surface area contributed by atoms with Crippen LogP contribution in [0.25, 0.3) is 10.7 Å². The Morgan fingerprint density at radius 1 is 1.16 bits per heavy atom. The molecule has 1 N–H and O–H groups in total. The highest BCUT2D eigenvalue weighted by molar-refractivity contribution is 7.15. The van der Waals surface area contributed by atoms with E-state index in [2.05, 4.69) is 15.3 Å². The average molecular weight is 328 g/mol. The Bertz CT molecular complexity index is 695. The minimum atomic E-state index is 0.607. The van der Waals surface area contributed by atoms with Crippen LogP contribution in [-0.4, -0.2) is 9.97 Å². The summed E-state index contributed by atoms with van der Waals surface area (Å²) < 4.78 is 0. The number of nitrogens with zero attached hydrogens (tertiary/aromatic N) is 2. The summed E-state index contributed by atoms with van der Waals surface area (Å²) in [5.41, 5.74) is 1.61. The van der Waals surface area contributed by atoms with Gasteiger partial charge in [0.25, 0.3) is 0 Å². The Labute approximate surface area is 127 Å². The van der Waals surface area contributed by atoms with Crippen LogP contribution in [0.4, 0.5) is 10.8 Å². The molecule has 0 spiro atoms. The molecule has 3 nitrogen and oxygen atoms in total. The number of nitrogens with one attached hydrogen (secondary N) is 1. The topological polar surface area (TPSA) is 37.8 Å². The van der Waals surface area contributed by atoms with Gasteiger partial charge in [-0.2, -0.15) is 0 Å². The van der Waals surface area contributed by atoms with Crippen molar-refractivity contribution in [1.82, 2.24) is 9.97 Å². The van der Waals surface area contributed by atoms with Crippen molar-refractivity contribution < 1.29 is 0 Å². The van der Waals surface area contributed by atoms with Crippen LogP contribution in [0.15, 0.2) is 35.2 Å². The quantitative estimate of drug-likeness (QED) is 0.707. The second-order valence-corrected chi connectivity index (χ2v) is 6.22. The van der Waals surface area contributed by atoms with Gasteiger partial charge in [0.1, 0.15) is 10.7 Å². The molecule has 0 unspecified atom stereocenters. The minimum absolute atomic E-state index is 0.607. The largest absolute Gasteiger partial charge is 0.330 e. The summed E-state index contributed by atoms with van der Waals surface area (Å²) in [4.78, 5) is 8.70. The van der Waals surface area contributed by atoms with E-state index in [1.165, 1.54) is 11.3 Å². The molecule has 3 aromatic rings. The predicted molar refractivity (Wildman–Crippen MR) is 83.0 cm³/mol. The van der Waals surface area contributed by atoms with Gasteiger partial charge in [0, 0.05) is 22.0 Å². The van der Waals surface area contributed by atoms with Gasteiger partial charge in [-0.1, -0.05) is 23.2 Å². The van der Waals surface area contributed by atoms with E-state index >= 15 is 0 Å². The molecule has 0 bridgehead atoms. The van der Waals surface area contributed by atoms with E-state index in [9.17, 15) is 0 Å². The molecule has 2 heterocycles. The highest BCUT2D eigenvalue weighted by atomic mass is 35.5. The molecule has 1 aromatic carbocycles. The predicted octanol–water partition coefficient (Wildman–Crippen LogP) is 5.32. The number of hydrogen-bond acceptors (Lipinski definition) is 5. The first-order valence-corrected chi connectivity index (χ1v) is 7.81. The molecule has 0 amide bonds. The van der Waals surface area contributed by atoms with Crippen LogP contribution < -0.4 is 5.32 Å². The van der Waals surface area contributed by atoms with Crippen LogP contribution in [-0.2, 0) is 0 Å². The number of halogens is 2. The summed E-state index contributed by atoms with van der Waals surface area (Å²) in [6, 6.07) is 5.27. The Hall–Kier alpha value is -1.14. The third-order valence-corrected chi connectivity index (χ3v) is 4.44. The maximum atomic E-state index is 6.10. The lowest BCUT2D eigenvalue weighted by molar-refractivity contribution is 1.33. The monoisotopic (exact) mass is 327 g/mol. The summed E-state index contributed by atoms with van der Waals surface area (Å²) in [6.07, 6.45) is 1.76. The lowest BCUT2D eigenvalue weighted by Gasteiger charge is -2.05. The van der Waals surface area contributed by atoms with Crippen LogP contribution in [0.2, 0.25) is 10.0 Å². The molecular formula is C12H7Cl2N3S2. The van der Waals surface area contributed by atoms with Crippen molar-refractivity contribution in [2.45, 2.75) is 0 Å². The molecular weight excluding hydrogens is 321 g/mol. The maximum absolute atomic E-state index is 6.10. The number of anilines is 2. The molecule has 7 heteroatoms. The highest BCUT2D eigenvalue weighted by Crippen LogP contribution is 2.32. The zero-order valence-electron chi connectivity index (χ0n) is 9.43. The van der Waals surface area contributed by atoms with Crippen LogP contribution in [0.5, 0.6) is 0 Å². The lowest BCUT2D eigenvalue weighted by atomic mass is 10.3. The Balaban J connectivity index is 1.86. The van der Waals surface area contributed by atoms with Gasteiger partial charge >= 0.3 is 0 Å². The molecule has 0 fully saturated rings. The van der Waals surface area contributed by atoms with E-state index in [0.29, 0.717) is 10.0 Å². The summed E-state index contributed by atoms with van der Waals surface area (Å²) in [5, 5.41) is 9.95. The second-order valence-electron chi connectivity index (χ2n) is 3.62. The number of benzene rings is 1. The van der Waals surface area contributed by atoms with Gasteiger partial charge in [0.15, 0.2) is 5.13 Å². The molecule has 2 aromatic heterocycles. The van der Waals surface area contributed by atoms with Crippen molar-refractivity contribution in [3.8, 4) is 10.7 Å². The van der Waals surface area contributed by atoms with E-state index in [0.717, 1.165) is 21.5 Å². The fourth-order valence-corrected chi connectivity index (χ4v) is 3.20. The van der Waals surface area contributed by atoms with Gasteiger partial charge in [-0.15, -0.1) is 22.7 Å². The molecule has 3 rings (SSSR count). The Morgan fingerprint density at radius 2 is 2.05 bits per heavy atom. The smallest absolute Gasteiger partial charge is 0.187 e. The third kappa shape index (κ3) is 2.90. The first kappa shape index (κ1) is 12.9. The van der Waals surface area contributed by atoms with Crippen molar-refractivity contribution in [3.63, 3.8) is 0 Å². The molecule has 0 saturated carbocycles. The van der Waals surface area contributed by atoms with Gasteiger partial charge < -0.3 is 5.32 Å². The zero-order chi connectivity index (χ0) is 13.2. The Kier molecular flexibility index (Phi) is 3.70. The van der Waals surface area contributed by atoms with E-state index in [-0.39, 0.29) is 0 Å². The van der Waals surface area contributed by atoms with E-state index in [1.807, 2.05) is 10.8 Å². The van der Waals surface area contributed by atoms with Crippen molar-refractivity contribution in [3.05, 3.63) is 45.2 Å². The standard InChI is InChI=1S/C12H7Cl2N3S2/c13-7-1-2-8(14)9(5-7)16-12-17-10(6-19-12)11-15-3-4-18-11/h1-6H,(H,16,17). The van der Waals surface area contributed by atoms with E-state index in [4.69, 9.17) is 23.2 Å². The molecule has 0 aliphatic heterocycles. The third-order valence-electron chi connectivity index (χ3n) is 2.33. The van der Waals surface area contributed by atoms with Gasteiger partial charge in [0.05, 0.1) is 10.7 Å². The summed E-state index contributed by atoms with van der Waals surface area (Å²) >= 11 is 15.1. The van der Waals surface area contributed by atoms with Gasteiger partial charge in [-0.3, -0.25) is 0 Å². The van der Waals surface area contributed by atoms with Crippen molar-refractivity contribution in [2.24, 2.45) is 0 Å². The van der Waals surface area contributed by atoms with Gasteiger partial charge in [0.2, 0.25) is 0 Å².